The number of carboxylic acid groups (broad SMARTS) is 2. The Morgan fingerprint density at radius 2 is 0.987 bits per heavy atom. The van der Waals surface area contributed by atoms with Crippen molar-refractivity contribution >= 4 is 116 Å². The van der Waals surface area contributed by atoms with Gasteiger partial charge in [0, 0.05) is 18.7 Å². The molecule has 4 fully saturated rings. The van der Waals surface area contributed by atoms with Crippen LogP contribution in [0.15, 0.2) is 0 Å². The summed E-state index contributed by atoms with van der Waals surface area (Å²) >= 11 is 20.2. The molecule has 48 heteroatoms. The number of rotatable bonds is 22. The second-order valence-corrected chi connectivity index (χ2v) is 23.2. The van der Waals surface area contributed by atoms with Crippen molar-refractivity contribution in [3.05, 3.63) is 0 Å². The first-order chi connectivity index (χ1) is 35.5. The SMILES string of the molecule is CC(=O)N[C@@H]1[C@@H](O)[C@H](O[C@@H]2O[C@H](C(=O)O)[C@@H](O[C@@H]3O[C@H](CO)[C@@H](O[C@H]4O[C@@H](C(=O)O)[C@H](O)[C@@H](O)[C@@H]4OS(=O)(=O)O)[C@H](OS(=O)(=O)O)[C@H]3NS(=O)(=O)O)[C@H](O)[C@H]2OS(=O)(=O)O)[C@H](COS(=O)(=O)O)O[C@H]1O.CC(Cl)Cl.ClCCCl. The van der Waals surface area contributed by atoms with E-state index in [1.54, 1.807) is 6.92 Å². The Hall–Kier alpha value is -1.60. The lowest BCUT2D eigenvalue weighted by molar-refractivity contribution is -0.366. The summed E-state index contributed by atoms with van der Waals surface area (Å²) in [6.45, 7) is -0.542. The third kappa shape index (κ3) is 23.2. The van der Waals surface area contributed by atoms with Crippen molar-refractivity contribution in [1.82, 2.24) is 10.0 Å². The van der Waals surface area contributed by atoms with Crippen LogP contribution in [0.25, 0.3) is 0 Å². The van der Waals surface area contributed by atoms with Gasteiger partial charge in [-0.1, -0.05) is 0 Å². The molecule has 0 aromatic carbocycles. The third-order valence-electron chi connectivity index (χ3n) is 9.75. The van der Waals surface area contributed by atoms with E-state index < -0.39 is 206 Å². The molecule has 0 saturated carbocycles. The molecule has 0 aliphatic carbocycles. The predicted octanol–water partition coefficient (Wildman–Crippen LogP) is -7.44. The summed E-state index contributed by atoms with van der Waals surface area (Å²) in [5.41, 5.74) is 0. The van der Waals surface area contributed by atoms with Crippen LogP contribution in [0.5, 0.6) is 0 Å². The van der Waals surface area contributed by atoms with E-state index in [1.165, 1.54) is 4.72 Å². The normalized spacial score (nSPS) is 36.0. The maximum Gasteiger partial charge on any atom is 0.397 e. The van der Waals surface area contributed by atoms with Gasteiger partial charge < -0.3 is 79.3 Å². The standard InChI is InChI=1S/C26H42N2O37S5.2C2H4Cl2/c1-4(30)27-7-9(31)13(6(56-23(7)39)3-55-67(43,44)45)58-26-19(65-70(52,53)54)12(34)16(20(62-26)22(37)38)60-24-8(28-66(40,41)42)15(63-68(46,47)48)14(5(2-29)57-24)59-25-18(64-69(49,50)51)11(33)10(32)17(61-25)21(35)36;1-2(3)4;3-1-2-4/h5-20,23-26,28-29,31-34,39H,2-3H2,1H3,(H,27,30)(H,35,36)(H,37,38)(H,40,41,42)(H,43,44,45)(H,46,47,48)(H,49,50,51)(H,52,53,54);2H,1H3;1-2H2/t5-,6+,7-,8-,9-,10-,11-,12+,13-,14-,15-,16+,17-,18+,19-,20+,23-,24+,25+,26-;;/m1../s1. The number of nitrogens with one attached hydrogen (secondary N) is 2. The van der Waals surface area contributed by atoms with Crippen LogP contribution in [-0.4, -0.2) is 276 Å². The third-order valence-corrected chi connectivity index (χ3v) is 12.7. The number of hydrogen-bond donors (Lipinski definition) is 15. The zero-order valence-corrected chi connectivity index (χ0v) is 45.7. The Morgan fingerprint density at radius 1 is 0.551 bits per heavy atom. The van der Waals surface area contributed by atoms with Gasteiger partial charge in [-0.2, -0.15) is 46.8 Å². The van der Waals surface area contributed by atoms with Crippen molar-refractivity contribution in [2.75, 3.05) is 25.0 Å². The van der Waals surface area contributed by atoms with E-state index in [0.29, 0.717) is 11.8 Å². The maximum absolute atomic E-state index is 12.7. The van der Waals surface area contributed by atoms with Crippen molar-refractivity contribution in [2.45, 2.75) is 141 Å². The summed E-state index contributed by atoms with van der Waals surface area (Å²) in [7, 11) is -29.1. The number of amides is 1. The van der Waals surface area contributed by atoms with E-state index >= 15 is 0 Å². The topological polar surface area (TPSA) is 610 Å². The van der Waals surface area contributed by atoms with E-state index in [9.17, 15) is 116 Å². The number of halogens is 4. The molecule has 15 N–H and O–H groups in total. The second-order valence-electron chi connectivity index (χ2n) is 15.5. The van der Waals surface area contributed by atoms with E-state index in [0.717, 1.165) is 6.92 Å². The number of hydrogen-bond acceptors (Lipinski definition) is 30. The number of carbonyl (C=O) groups excluding carboxylic acids is 1. The van der Waals surface area contributed by atoms with Gasteiger partial charge in [-0.3, -0.25) is 27.6 Å². The summed E-state index contributed by atoms with van der Waals surface area (Å²) in [5.74, 6) is -4.37. The fourth-order valence-electron chi connectivity index (χ4n) is 7.05. The van der Waals surface area contributed by atoms with Gasteiger partial charge in [0.05, 0.1) is 13.2 Å². The van der Waals surface area contributed by atoms with Gasteiger partial charge in [0.15, 0.2) is 49.6 Å². The fraction of sp³-hybridized carbons (Fsp3) is 0.900. The lowest BCUT2D eigenvalue weighted by Gasteiger charge is -2.50. The van der Waals surface area contributed by atoms with Crippen LogP contribution < -0.4 is 10.0 Å². The molecule has 4 heterocycles. The molecule has 78 heavy (non-hydrogen) atoms. The summed E-state index contributed by atoms with van der Waals surface area (Å²) in [5, 5.41) is 86.0. The average molecular weight is 1330 g/mol. The van der Waals surface area contributed by atoms with Crippen molar-refractivity contribution in [2.24, 2.45) is 0 Å². The van der Waals surface area contributed by atoms with Gasteiger partial charge in [0.2, 0.25) is 5.91 Å². The van der Waals surface area contributed by atoms with Crippen molar-refractivity contribution in [1.29, 1.82) is 0 Å². The van der Waals surface area contributed by atoms with Crippen LogP contribution in [0, 0.1) is 0 Å². The number of ether oxygens (including phenoxy) is 7. The molecule has 0 aromatic heterocycles. The van der Waals surface area contributed by atoms with Gasteiger partial charge in [0.25, 0.3) is 0 Å². The van der Waals surface area contributed by atoms with Gasteiger partial charge in [-0.15, -0.1) is 46.4 Å². The minimum Gasteiger partial charge on any atom is -0.479 e. The average Bonchev–Trinajstić information content (AvgIpc) is 3.26. The smallest absolute Gasteiger partial charge is 0.397 e. The van der Waals surface area contributed by atoms with Crippen LogP contribution in [-0.2, 0) is 116 Å². The summed E-state index contributed by atoms with van der Waals surface area (Å²) < 4.78 is 222. The van der Waals surface area contributed by atoms with Crippen molar-refractivity contribution in [3.8, 4) is 0 Å². The molecule has 4 aliphatic heterocycles. The minimum absolute atomic E-state index is 0.222. The first kappa shape index (κ1) is 72.5. The van der Waals surface area contributed by atoms with Gasteiger partial charge in [-0.05, 0) is 6.92 Å². The Balaban J connectivity index is 0.00000242. The number of alkyl halides is 4. The van der Waals surface area contributed by atoms with Crippen LogP contribution in [0.1, 0.15) is 13.8 Å². The first-order valence-electron chi connectivity index (χ1n) is 20.5. The molecule has 20 atom stereocenters. The molecule has 460 valence electrons. The second kappa shape index (κ2) is 30.3. The lowest BCUT2D eigenvalue weighted by Crippen LogP contribution is -2.71. The molecule has 0 unspecified atom stereocenters. The zero-order valence-electron chi connectivity index (χ0n) is 38.6. The largest absolute Gasteiger partial charge is 0.479 e. The summed E-state index contributed by atoms with van der Waals surface area (Å²) in [6.07, 6.45) is -49.1. The van der Waals surface area contributed by atoms with Crippen LogP contribution >= 0.6 is 46.4 Å². The highest BCUT2D eigenvalue weighted by Crippen LogP contribution is 2.37. The number of aliphatic hydroxyl groups excluding tert-OH is 6. The van der Waals surface area contributed by atoms with Gasteiger partial charge >= 0.3 is 63.8 Å². The molecule has 0 radical (unpaired) electrons. The van der Waals surface area contributed by atoms with Crippen LogP contribution in [0.4, 0.5) is 0 Å². The van der Waals surface area contributed by atoms with E-state index in [-0.39, 0.29) is 4.84 Å². The zero-order chi connectivity index (χ0) is 60.4. The van der Waals surface area contributed by atoms with Crippen LogP contribution in [0.2, 0.25) is 0 Å². The molecule has 4 rings (SSSR count). The lowest BCUT2D eigenvalue weighted by atomic mass is 9.94. The Labute approximate surface area is 460 Å². The highest BCUT2D eigenvalue weighted by atomic mass is 35.5. The molecule has 4 aliphatic rings. The van der Waals surface area contributed by atoms with Gasteiger partial charge in [-0.25, -0.2) is 26.3 Å². The van der Waals surface area contributed by atoms with Crippen molar-refractivity contribution in [3.63, 3.8) is 0 Å². The Bertz CT molecular complexity index is 2550. The number of aliphatic carboxylic acids is 2. The van der Waals surface area contributed by atoms with Crippen LogP contribution in [0.3, 0.4) is 0 Å². The minimum atomic E-state index is -6.09. The molecule has 0 aromatic rings. The molecule has 0 spiro atoms. The van der Waals surface area contributed by atoms with E-state index in [1.807, 2.05) is 5.32 Å². The molecular weight excluding hydrogens is 1280 g/mol. The molecule has 4 saturated heterocycles. The Morgan fingerprint density at radius 3 is 1.40 bits per heavy atom. The first-order valence-corrected chi connectivity index (χ1v) is 29.4. The predicted molar refractivity (Wildman–Crippen MR) is 243 cm³/mol. The highest BCUT2D eigenvalue weighted by Gasteiger charge is 2.60. The van der Waals surface area contributed by atoms with E-state index in [2.05, 4.69) is 16.7 Å². The van der Waals surface area contributed by atoms with Gasteiger partial charge in [0.1, 0.15) is 78.0 Å². The fourth-order valence-corrected chi connectivity index (χ4v) is 9.43. The molecular formula is C30H50Cl4N2O37S5. The molecule has 39 nitrogen and oxygen atoms in total. The highest BCUT2D eigenvalue weighted by molar-refractivity contribution is 7.83. The summed E-state index contributed by atoms with van der Waals surface area (Å²) in [4.78, 5) is 36.2. The summed E-state index contributed by atoms with van der Waals surface area (Å²) in [6, 6.07) is -4.96. The van der Waals surface area contributed by atoms with Crippen molar-refractivity contribution < 1.29 is 170 Å². The maximum atomic E-state index is 12.7. The quantitative estimate of drug-likeness (QED) is 0.0354. The number of carboxylic acids is 2. The Kier molecular flexibility index (Phi) is 28.1. The number of carbonyl (C=O) groups is 3. The number of aliphatic hydroxyl groups is 6. The van der Waals surface area contributed by atoms with E-state index in [4.69, 9.17) is 84.1 Å². The monoisotopic (exact) mass is 1330 g/mol. The molecule has 0 bridgehead atoms. The molecule has 1 amide bonds.